The van der Waals surface area contributed by atoms with Crippen molar-refractivity contribution >= 4 is 22.1 Å². The molecule has 0 unspecified atom stereocenters. The SMILES string of the molecule is CN(C)CCCc1cc(F)cc(-c2ccnc3[nH]c(-c4n[nH]c5ccc(-c6ccccn6)nc45)cc23)c1. The Bertz CT molecular complexity index is 1700. The Hall–Kier alpha value is -4.43. The largest absolute Gasteiger partial charge is 0.338 e. The Balaban J connectivity index is 1.41. The average Bonchev–Trinajstić information content (AvgIpc) is 3.52. The number of H-pyrrole nitrogens is 2. The Morgan fingerprint density at radius 3 is 2.68 bits per heavy atom. The van der Waals surface area contributed by atoms with E-state index in [1.807, 2.05) is 56.6 Å². The number of nitrogens with one attached hydrogen (secondary N) is 2. The fourth-order valence-corrected chi connectivity index (χ4v) is 4.70. The molecular weight excluding hydrogens is 465 g/mol. The highest BCUT2D eigenvalue weighted by Crippen LogP contribution is 2.34. The predicted molar refractivity (Wildman–Crippen MR) is 144 cm³/mol. The van der Waals surface area contributed by atoms with Crippen molar-refractivity contribution in [2.75, 3.05) is 20.6 Å². The smallest absolute Gasteiger partial charge is 0.138 e. The lowest BCUT2D eigenvalue weighted by molar-refractivity contribution is 0.400. The number of hydrogen-bond acceptors (Lipinski definition) is 5. The van der Waals surface area contributed by atoms with Crippen LogP contribution in [0.4, 0.5) is 4.39 Å². The third-order valence-corrected chi connectivity index (χ3v) is 6.46. The summed E-state index contributed by atoms with van der Waals surface area (Å²) < 4.78 is 14.6. The Kier molecular flexibility index (Phi) is 5.94. The zero-order valence-electron chi connectivity index (χ0n) is 20.7. The average molecular weight is 492 g/mol. The van der Waals surface area contributed by atoms with Crippen LogP contribution < -0.4 is 0 Å². The number of aryl methyl sites for hydroxylation is 1. The molecule has 0 bridgehead atoms. The summed E-state index contributed by atoms with van der Waals surface area (Å²) in [6, 6.07) is 18.9. The molecule has 0 radical (unpaired) electrons. The quantitative estimate of drug-likeness (QED) is 0.292. The van der Waals surface area contributed by atoms with Gasteiger partial charge in [0.15, 0.2) is 0 Å². The first kappa shape index (κ1) is 23.0. The van der Waals surface area contributed by atoms with E-state index in [9.17, 15) is 4.39 Å². The van der Waals surface area contributed by atoms with Crippen LogP contribution in [0.25, 0.3) is 56.0 Å². The molecule has 0 saturated heterocycles. The lowest BCUT2D eigenvalue weighted by Gasteiger charge is -2.10. The van der Waals surface area contributed by atoms with Crippen LogP contribution in [0.3, 0.4) is 0 Å². The van der Waals surface area contributed by atoms with E-state index < -0.39 is 0 Å². The first-order chi connectivity index (χ1) is 18.0. The molecule has 0 amide bonds. The van der Waals surface area contributed by atoms with E-state index in [0.29, 0.717) is 11.3 Å². The van der Waals surface area contributed by atoms with Gasteiger partial charge in [0, 0.05) is 17.8 Å². The van der Waals surface area contributed by atoms with Crippen LogP contribution in [0, 0.1) is 5.82 Å². The molecule has 0 aliphatic heterocycles. The molecule has 184 valence electrons. The lowest BCUT2D eigenvalue weighted by atomic mass is 9.99. The second-order valence-corrected chi connectivity index (χ2v) is 9.44. The van der Waals surface area contributed by atoms with E-state index in [1.165, 1.54) is 0 Å². The summed E-state index contributed by atoms with van der Waals surface area (Å²) in [5.41, 5.74) is 8.07. The van der Waals surface area contributed by atoms with E-state index in [1.54, 1.807) is 24.5 Å². The highest BCUT2D eigenvalue weighted by molar-refractivity contribution is 5.99. The summed E-state index contributed by atoms with van der Waals surface area (Å²) in [5, 5.41) is 8.52. The number of fused-ring (bicyclic) bond motifs is 2. The van der Waals surface area contributed by atoms with Crippen molar-refractivity contribution in [1.82, 2.24) is 35.0 Å². The summed E-state index contributed by atoms with van der Waals surface area (Å²) in [5.74, 6) is -0.234. The van der Waals surface area contributed by atoms with Gasteiger partial charge in [-0.1, -0.05) is 12.1 Å². The fraction of sp³-hybridized carbons (Fsp3) is 0.172. The van der Waals surface area contributed by atoms with E-state index >= 15 is 0 Å². The van der Waals surface area contributed by atoms with Crippen molar-refractivity contribution in [2.45, 2.75) is 12.8 Å². The Morgan fingerprint density at radius 1 is 0.919 bits per heavy atom. The van der Waals surface area contributed by atoms with E-state index in [0.717, 1.165) is 69.6 Å². The maximum atomic E-state index is 14.6. The van der Waals surface area contributed by atoms with Gasteiger partial charge in [0.2, 0.25) is 0 Å². The maximum absolute atomic E-state index is 14.6. The molecule has 0 fully saturated rings. The molecule has 37 heavy (non-hydrogen) atoms. The van der Waals surface area contributed by atoms with Crippen LogP contribution in [-0.4, -0.2) is 55.7 Å². The molecular formula is C29H26FN7. The summed E-state index contributed by atoms with van der Waals surface area (Å²) in [7, 11) is 4.09. The first-order valence-electron chi connectivity index (χ1n) is 12.2. The lowest BCUT2D eigenvalue weighted by Crippen LogP contribution is -2.13. The van der Waals surface area contributed by atoms with E-state index in [4.69, 9.17) is 4.98 Å². The molecule has 6 rings (SSSR count). The normalized spacial score (nSPS) is 11.7. The summed E-state index contributed by atoms with van der Waals surface area (Å²) >= 11 is 0. The molecule has 2 N–H and O–H groups in total. The highest BCUT2D eigenvalue weighted by Gasteiger charge is 2.16. The molecule has 8 heteroatoms. The minimum Gasteiger partial charge on any atom is -0.338 e. The number of aromatic amines is 2. The first-order valence-corrected chi connectivity index (χ1v) is 12.2. The van der Waals surface area contributed by atoms with Crippen molar-refractivity contribution in [1.29, 1.82) is 0 Å². The second-order valence-electron chi connectivity index (χ2n) is 9.44. The number of rotatable bonds is 7. The van der Waals surface area contributed by atoms with Crippen LogP contribution in [0.1, 0.15) is 12.0 Å². The van der Waals surface area contributed by atoms with Gasteiger partial charge in [-0.25, -0.2) is 14.4 Å². The van der Waals surface area contributed by atoms with Crippen molar-refractivity contribution in [2.24, 2.45) is 0 Å². The highest BCUT2D eigenvalue weighted by atomic mass is 19.1. The molecule has 7 nitrogen and oxygen atoms in total. The standard InChI is InChI=1S/C29H26FN7/c1-37(2)13-5-6-18-14-19(16-20(30)15-18)21-10-12-32-29-22(21)17-26(34-29)28-27-25(35-36-28)9-8-24(33-27)23-7-3-4-11-31-23/h3-4,7-12,14-17H,5-6,13H2,1-2H3,(H,32,34)(H,35,36). The van der Waals surface area contributed by atoms with Crippen LogP contribution in [0.5, 0.6) is 0 Å². The van der Waals surface area contributed by atoms with E-state index in [-0.39, 0.29) is 5.82 Å². The van der Waals surface area contributed by atoms with Gasteiger partial charge >= 0.3 is 0 Å². The van der Waals surface area contributed by atoms with Crippen LogP contribution >= 0.6 is 0 Å². The third-order valence-electron chi connectivity index (χ3n) is 6.46. The van der Waals surface area contributed by atoms with Gasteiger partial charge in [-0.2, -0.15) is 5.10 Å². The monoisotopic (exact) mass is 491 g/mol. The fourth-order valence-electron chi connectivity index (χ4n) is 4.70. The number of benzene rings is 1. The third kappa shape index (κ3) is 4.59. The van der Waals surface area contributed by atoms with Crippen LogP contribution in [0.2, 0.25) is 0 Å². The molecule has 0 aliphatic rings. The zero-order chi connectivity index (χ0) is 25.4. The Labute approximate surface area is 213 Å². The maximum Gasteiger partial charge on any atom is 0.138 e. The summed E-state index contributed by atoms with van der Waals surface area (Å²) in [6.07, 6.45) is 5.28. The van der Waals surface area contributed by atoms with Crippen molar-refractivity contribution < 1.29 is 4.39 Å². The van der Waals surface area contributed by atoms with Gasteiger partial charge in [0.05, 0.1) is 22.6 Å². The van der Waals surface area contributed by atoms with Crippen LogP contribution in [-0.2, 0) is 6.42 Å². The number of pyridine rings is 3. The van der Waals surface area contributed by atoms with Gasteiger partial charge in [-0.15, -0.1) is 0 Å². The molecule has 0 aliphatic carbocycles. The van der Waals surface area contributed by atoms with Gasteiger partial charge in [0.1, 0.15) is 22.7 Å². The van der Waals surface area contributed by atoms with Gasteiger partial charge in [0.25, 0.3) is 0 Å². The van der Waals surface area contributed by atoms with Gasteiger partial charge in [-0.3, -0.25) is 10.1 Å². The Morgan fingerprint density at radius 2 is 1.84 bits per heavy atom. The molecule has 5 heterocycles. The minimum atomic E-state index is -0.234. The minimum absolute atomic E-state index is 0.234. The van der Waals surface area contributed by atoms with Crippen molar-refractivity contribution in [3.63, 3.8) is 0 Å². The summed E-state index contributed by atoms with van der Waals surface area (Å²) in [4.78, 5) is 19.3. The molecule has 0 spiro atoms. The number of nitrogens with zero attached hydrogens (tertiary/aromatic N) is 5. The predicted octanol–water partition coefficient (Wildman–Crippen LogP) is 5.86. The topological polar surface area (TPSA) is 86.4 Å². The second kappa shape index (κ2) is 9.55. The molecule has 0 atom stereocenters. The molecule has 0 saturated carbocycles. The van der Waals surface area contributed by atoms with E-state index in [2.05, 4.69) is 36.1 Å². The number of hydrogen-bond donors (Lipinski definition) is 2. The summed E-state index contributed by atoms with van der Waals surface area (Å²) in [6.45, 7) is 0.959. The number of halogens is 1. The zero-order valence-corrected chi connectivity index (χ0v) is 20.7. The van der Waals surface area contributed by atoms with Crippen LogP contribution in [0.15, 0.2) is 73.1 Å². The number of aromatic nitrogens is 6. The molecule has 5 aromatic heterocycles. The molecule has 6 aromatic rings. The van der Waals surface area contributed by atoms with Crippen molar-refractivity contribution in [3.8, 4) is 33.9 Å². The van der Waals surface area contributed by atoms with Crippen molar-refractivity contribution in [3.05, 3.63) is 84.4 Å². The van der Waals surface area contributed by atoms with Gasteiger partial charge in [-0.05, 0) is 98.7 Å². The van der Waals surface area contributed by atoms with Gasteiger partial charge < -0.3 is 9.88 Å². The molecule has 1 aromatic carbocycles.